The number of anilines is 3. The molecule has 12 heteroatoms. The van der Waals surface area contributed by atoms with Gasteiger partial charge in [-0.25, -0.2) is 17.6 Å². The first-order valence-electron chi connectivity index (χ1n) is 11.4. The molecule has 0 spiro atoms. The summed E-state index contributed by atoms with van der Waals surface area (Å²) in [7, 11) is -0.978. The van der Waals surface area contributed by atoms with Crippen LogP contribution in [-0.2, 0) is 10.0 Å². The maximum Gasteiger partial charge on any atom is 0.412 e. The highest BCUT2D eigenvalue weighted by atomic mass is 32.2. The van der Waals surface area contributed by atoms with E-state index in [0.29, 0.717) is 16.6 Å². The van der Waals surface area contributed by atoms with Crippen LogP contribution in [0.25, 0.3) is 22.3 Å². The Balaban J connectivity index is 1.81. The molecule has 0 aliphatic heterocycles. The Kier molecular flexibility index (Phi) is 7.74. The van der Waals surface area contributed by atoms with Gasteiger partial charge in [0.05, 0.1) is 37.6 Å². The van der Waals surface area contributed by atoms with Gasteiger partial charge < -0.3 is 29.6 Å². The minimum atomic E-state index is -3.76. The Morgan fingerprint density at radius 3 is 2.26 bits per heavy atom. The lowest BCUT2D eigenvalue weighted by Gasteiger charge is -2.23. The second kappa shape index (κ2) is 11.0. The Labute approximate surface area is 218 Å². The number of sulfonamides is 1. The van der Waals surface area contributed by atoms with Gasteiger partial charge in [0.1, 0.15) is 17.1 Å². The molecule has 0 saturated carbocycles. The Morgan fingerprint density at radius 2 is 1.71 bits per heavy atom. The molecule has 0 aliphatic rings. The maximum absolute atomic E-state index is 13.2. The van der Waals surface area contributed by atoms with E-state index in [1.807, 2.05) is 0 Å². The van der Waals surface area contributed by atoms with Gasteiger partial charge in [-0.15, -0.1) is 0 Å². The van der Waals surface area contributed by atoms with Crippen LogP contribution in [0.1, 0.15) is 0 Å². The number of aliphatic hydroxyl groups excluding tert-OH is 1. The first kappa shape index (κ1) is 26.8. The van der Waals surface area contributed by atoms with E-state index in [-0.39, 0.29) is 40.9 Å². The van der Waals surface area contributed by atoms with Gasteiger partial charge in [0, 0.05) is 30.1 Å². The van der Waals surface area contributed by atoms with Crippen molar-refractivity contribution in [2.75, 3.05) is 43.2 Å². The zero-order valence-electron chi connectivity index (χ0n) is 20.8. The SMILES string of the molecule is CNC(=O)Oc1c(-c2ccc(Nc3ccc(F)cc3)cc2)oc2cc(N(CCO)S(C)(=O)=O)c(OC)cc12. The summed E-state index contributed by atoms with van der Waals surface area (Å²) in [6.45, 7) is -0.612. The Morgan fingerprint density at radius 1 is 1.08 bits per heavy atom. The molecule has 10 nitrogen and oxygen atoms in total. The van der Waals surface area contributed by atoms with Crippen LogP contribution in [-0.4, -0.2) is 53.2 Å². The van der Waals surface area contributed by atoms with Gasteiger partial charge in [0.25, 0.3) is 0 Å². The number of fused-ring (bicyclic) bond motifs is 1. The highest BCUT2D eigenvalue weighted by Gasteiger charge is 2.26. The molecule has 3 N–H and O–H groups in total. The lowest BCUT2D eigenvalue weighted by Crippen LogP contribution is -2.32. The second-order valence-corrected chi connectivity index (χ2v) is 10.1. The number of amides is 1. The number of nitrogens with one attached hydrogen (secondary N) is 2. The van der Waals surface area contributed by atoms with Crippen LogP contribution < -0.4 is 24.4 Å². The van der Waals surface area contributed by atoms with Gasteiger partial charge in [-0.1, -0.05) is 0 Å². The van der Waals surface area contributed by atoms with Gasteiger partial charge in [0.15, 0.2) is 11.5 Å². The summed E-state index contributed by atoms with van der Waals surface area (Å²) in [5.41, 5.74) is 2.38. The third-order valence-electron chi connectivity index (χ3n) is 5.59. The molecule has 4 rings (SSSR count). The zero-order chi connectivity index (χ0) is 27.4. The first-order chi connectivity index (χ1) is 18.1. The van der Waals surface area contributed by atoms with Crippen molar-refractivity contribution in [3.63, 3.8) is 0 Å². The van der Waals surface area contributed by atoms with Crippen molar-refractivity contribution in [1.29, 1.82) is 0 Å². The fraction of sp³-hybridized carbons (Fsp3) is 0.192. The summed E-state index contributed by atoms with van der Waals surface area (Å²) in [5, 5.41) is 15.4. The summed E-state index contributed by atoms with van der Waals surface area (Å²) in [6.07, 6.45) is 0.284. The topological polar surface area (TPSA) is 130 Å². The van der Waals surface area contributed by atoms with Crippen LogP contribution in [0.2, 0.25) is 0 Å². The van der Waals surface area contributed by atoms with Crippen LogP contribution in [0.5, 0.6) is 11.5 Å². The monoisotopic (exact) mass is 543 g/mol. The number of hydrogen-bond donors (Lipinski definition) is 3. The third kappa shape index (κ3) is 5.66. The van der Waals surface area contributed by atoms with Crippen LogP contribution in [0.4, 0.5) is 26.2 Å². The molecule has 0 unspecified atom stereocenters. The highest BCUT2D eigenvalue weighted by Crippen LogP contribution is 2.45. The van der Waals surface area contributed by atoms with Crippen molar-refractivity contribution >= 4 is 44.1 Å². The zero-order valence-corrected chi connectivity index (χ0v) is 21.6. The van der Waals surface area contributed by atoms with E-state index in [9.17, 15) is 22.7 Å². The smallest absolute Gasteiger partial charge is 0.412 e. The molecule has 200 valence electrons. The Hall–Kier alpha value is -4.29. The number of methoxy groups -OCH3 is 1. The number of benzene rings is 3. The number of aliphatic hydroxyl groups is 1. The largest absolute Gasteiger partial charge is 0.495 e. The molecule has 0 atom stereocenters. The van der Waals surface area contributed by atoms with Crippen molar-refractivity contribution in [2.24, 2.45) is 0 Å². The van der Waals surface area contributed by atoms with Crippen molar-refractivity contribution in [1.82, 2.24) is 5.32 Å². The maximum atomic E-state index is 13.2. The number of ether oxygens (including phenoxy) is 2. The third-order valence-corrected chi connectivity index (χ3v) is 6.77. The van der Waals surface area contributed by atoms with Crippen molar-refractivity contribution < 1.29 is 36.6 Å². The number of carbonyl (C=O) groups is 1. The molecular formula is C26H26FN3O7S. The minimum Gasteiger partial charge on any atom is -0.495 e. The molecule has 3 aromatic carbocycles. The summed E-state index contributed by atoms with van der Waals surface area (Å²) < 4.78 is 56.1. The molecule has 1 aromatic heterocycles. The predicted octanol–water partition coefficient (Wildman–Crippen LogP) is 4.47. The normalized spacial score (nSPS) is 11.3. The second-order valence-electron chi connectivity index (χ2n) is 8.19. The summed E-state index contributed by atoms with van der Waals surface area (Å²) in [5.74, 6) is 0.167. The molecule has 0 bridgehead atoms. The molecular weight excluding hydrogens is 517 g/mol. The number of rotatable bonds is 9. The van der Waals surface area contributed by atoms with Crippen molar-refractivity contribution in [2.45, 2.75) is 0 Å². The standard InChI is InChI=1S/C26H26FN3O7S/c1-28-26(32)37-25-20-14-23(35-2)21(30(12-13-31)38(3,33)34)15-22(20)36-24(25)16-4-8-18(9-5-16)29-19-10-6-17(27)7-11-19/h4-11,14-15,29,31H,12-13H2,1-3H3,(H,28,32). The molecule has 1 heterocycles. The number of furan rings is 1. The van der Waals surface area contributed by atoms with E-state index in [4.69, 9.17) is 13.9 Å². The molecule has 0 fully saturated rings. The lowest BCUT2D eigenvalue weighted by molar-refractivity contribution is 0.203. The quantitative estimate of drug-likeness (QED) is 0.282. The van der Waals surface area contributed by atoms with Crippen molar-refractivity contribution in [3.05, 3.63) is 66.5 Å². The Bertz CT molecular complexity index is 1550. The molecule has 38 heavy (non-hydrogen) atoms. The number of halogens is 1. The van der Waals surface area contributed by atoms with E-state index >= 15 is 0 Å². The number of nitrogens with zero attached hydrogens (tertiary/aromatic N) is 1. The summed E-state index contributed by atoms with van der Waals surface area (Å²) in [4.78, 5) is 12.2. The molecule has 0 radical (unpaired) electrons. The van der Waals surface area contributed by atoms with Gasteiger partial charge in [0.2, 0.25) is 10.0 Å². The fourth-order valence-corrected chi connectivity index (χ4v) is 4.76. The number of carbonyl (C=O) groups excluding carboxylic acids is 1. The van der Waals surface area contributed by atoms with E-state index in [2.05, 4.69) is 10.6 Å². The van der Waals surface area contributed by atoms with Crippen LogP contribution in [0.15, 0.2) is 65.1 Å². The molecule has 1 amide bonds. The van der Waals surface area contributed by atoms with E-state index < -0.39 is 22.7 Å². The molecule has 0 saturated heterocycles. The van der Waals surface area contributed by atoms with E-state index in [0.717, 1.165) is 16.2 Å². The predicted molar refractivity (Wildman–Crippen MR) is 142 cm³/mol. The molecule has 0 aliphatic carbocycles. The minimum absolute atomic E-state index is 0.108. The van der Waals surface area contributed by atoms with E-state index in [1.165, 1.54) is 38.4 Å². The number of hydrogen-bond acceptors (Lipinski definition) is 8. The van der Waals surface area contributed by atoms with Gasteiger partial charge >= 0.3 is 6.09 Å². The average Bonchev–Trinajstić information content (AvgIpc) is 3.24. The van der Waals surface area contributed by atoms with Crippen LogP contribution >= 0.6 is 0 Å². The highest BCUT2D eigenvalue weighted by molar-refractivity contribution is 7.92. The van der Waals surface area contributed by atoms with E-state index in [1.54, 1.807) is 36.4 Å². The van der Waals surface area contributed by atoms with Gasteiger partial charge in [-0.2, -0.15) is 0 Å². The first-order valence-corrected chi connectivity index (χ1v) is 13.2. The van der Waals surface area contributed by atoms with Crippen LogP contribution in [0, 0.1) is 5.82 Å². The molecule has 4 aromatic rings. The lowest BCUT2D eigenvalue weighted by atomic mass is 10.1. The average molecular weight is 544 g/mol. The van der Waals surface area contributed by atoms with Crippen LogP contribution in [0.3, 0.4) is 0 Å². The van der Waals surface area contributed by atoms with Gasteiger partial charge in [-0.3, -0.25) is 4.31 Å². The fourth-order valence-electron chi connectivity index (χ4n) is 3.84. The van der Waals surface area contributed by atoms with Gasteiger partial charge in [-0.05, 0) is 54.6 Å². The van der Waals surface area contributed by atoms with Crippen molar-refractivity contribution in [3.8, 4) is 22.8 Å². The summed E-state index contributed by atoms with van der Waals surface area (Å²) in [6, 6.07) is 15.9. The summed E-state index contributed by atoms with van der Waals surface area (Å²) >= 11 is 0.